The molecule has 1 aliphatic rings. The lowest BCUT2D eigenvalue weighted by Crippen LogP contribution is -2.42. The zero-order valence-electron chi connectivity index (χ0n) is 11.6. The van der Waals surface area contributed by atoms with Crippen LogP contribution < -0.4 is 16.0 Å². The van der Waals surface area contributed by atoms with E-state index < -0.39 is 0 Å². The predicted octanol–water partition coefficient (Wildman–Crippen LogP) is 0.265. The molecule has 0 radical (unpaired) electrons. The minimum atomic E-state index is -0.379. The van der Waals surface area contributed by atoms with E-state index >= 15 is 0 Å². The highest BCUT2D eigenvalue weighted by Crippen LogP contribution is 2.27. The van der Waals surface area contributed by atoms with Crippen molar-refractivity contribution in [2.24, 2.45) is 11.3 Å². The van der Waals surface area contributed by atoms with Crippen molar-refractivity contribution in [1.29, 1.82) is 0 Å². The summed E-state index contributed by atoms with van der Waals surface area (Å²) in [6, 6.07) is 0. The van der Waals surface area contributed by atoms with E-state index in [2.05, 4.69) is 16.0 Å². The van der Waals surface area contributed by atoms with Crippen LogP contribution in [0.4, 0.5) is 0 Å². The predicted molar refractivity (Wildman–Crippen MR) is 71.1 cm³/mol. The molecule has 0 unspecified atom stereocenters. The van der Waals surface area contributed by atoms with E-state index in [9.17, 15) is 9.59 Å². The topological polar surface area (TPSA) is 70.2 Å². The summed E-state index contributed by atoms with van der Waals surface area (Å²) in [5, 5.41) is 8.68. The quantitative estimate of drug-likeness (QED) is 0.572. The number of carbonyl (C=O) groups excluding carboxylic acids is 2. The third kappa shape index (κ3) is 6.59. The second kappa shape index (κ2) is 6.73. The number of nitrogens with one attached hydrogen (secondary N) is 3. The van der Waals surface area contributed by atoms with Crippen molar-refractivity contribution in [3.63, 3.8) is 0 Å². The van der Waals surface area contributed by atoms with Gasteiger partial charge in [0, 0.05) is 18.5 Å². The van der Waals surface area contributed by atoms with Crippen LogP contribution in [0.15, 0.2) is 0 Å². The molecule has 0 saturated heterocycles. The molecule has 1 rings (SSSR count). The molecule has 0 spiro atoms. The smallest absolute Gasteiger partial charge is 0.234 e. The van der Waals surface area contributed by atoms with E-state index in [0.717, 1.165) is 12.5 Å². The Bertz CT molecular complexity index is 293. The number of carbonyl (C=O) groups is 2. The lowest BCUT2D eigenvalue weighted by molar-refractivity contribution is -0.128. The molecular weight excluding hydrogens is 230 g/mol. The highest BCUT2D eigenvalue weighted by atomic mass is 16.2. The molecule has 0 aromatic rings. The maximum atomic E-state index is 11.5. The lowest BCUT2D eigenvalue weighted by Gasteiger charge is -2.17. The normalized spacial score (nSPS) is 15.3. The van der Waals surface area contributed by atoms with Crippen LogP contribution >= 0.6 is 0 Å². The van der Waals surface area contributed by atoms with Gasteiger partial charge in [-0.25, -0.2) is 0 Å². The SMILES string of the molecule is CC(C)(C)C(=O)NCCNC(=O)CNCC1CC1. The molecule has 0 aliphatic heterocycles. The summed E-state index contributed by atoms with van der Waals surface area (Å²) < 4.78 is 0. The largest absolute Gasteiger partial charge is 0.354 e. The summed E-state index contributed by atoms with van der Waals surface area (Å²) in [4.78, 5) is 22.9. The van der Waals surface area contributed by atoms with Gasteiger partial charge in [0.1, 0.15) is 0 Å². The number of rotatable bonds is 7. The van der Waals surface area contributed by atoms with Crippen molar-refractivity contribution in [3.8, 4) is 0 Å². The van der Waals surface area contributed by atoms with Crippen LogP contribution in [0.25, 0.3) is 0 Å². The molecule has 0 atom stereocenters. The molecule has 2 amide bonds. The van der Waals surface area contributed by atoms with Crippen LogP contribution in [0.1, 0.15) is 33.6 Å². The summed E-state index contributed by atoms with van der Waals surface area (Å²) >= 11 is 0. The van der Waals surface area contributed by atoms with Gasteiger partial charge in [0.2, 0.25) is 11.8 Å². The third-order valence-electron chi connectivity index (χ3n) is 2.83. The maximum absolute atomic E-state index is 11.5. The first kappa shape index (κ1) is 15.0. The van der Waals surface area contributed by atoms with E-state index in [0.29, 0.717) is 19.6 Å². The first-order valence-corrected chi connectivity index (χ1v) is 6.65. The second-order valence-corrected chi connectivity index (χ2v) is 5.93. The van der Waals surface area contributed by atoms with Gasteiger partial charge in [0.15, 0.2) is 0 Å². The number of hydrogen-bond donors (Lipinski definition) is 3. The minimum absolute atomic E-state index is 0.00334. The zero-order chi connectivity index (χ0) is 13.6. The Morgan fingerprint density at radius 2 is 1.72 bits per heavy atom. The van der Waals surface area contributed by atoms with Gasteiger partial charge in [0.05, 0.1) is 6.54 Å². The van der Waals surface area contributed by atoms with Crippen molar-refractivity contribution in [2.45, 2.75) is 33.6 Å². The van der Waals surface area contributed by atoms with E-state index in [1.54, 1.807) is 0 Å². The Labute approximate surface area is 109 Å². The number of hydrogen-bond acceptors (Lipinski definition) is 3. The van der Waals surface area contributed by atoms with E-state index in [-0.39, 0.29) is 17.2 Å². The first-order chi connectivity index (χ1) is 8.39. The van der Waals surface area contributed by atoms with Crippen molar-refractivity contribution >= 4 is 11.8 Å². The van der Waals surface area contributed by atoms with Gasteiger partial charge in [-0.1, -0.05) is 20.8 Å². The Morgan fingerprint density at radius 3 is 2.28 bits per heavy atom. The van der Waals surface area contributed by atoms with Gasteiger partial charge >= 0.3 is 0 Å². The van der Waals surface area contributed by atoms with Crippen molar-refractivity contribution in [2.75, 3.05) is 26.2 Å². The molecule has 0 aromatic heterocycles. The summed E-state index contributed by atoms with van der Waals surface area (Å²) in [7, 11) is 0. The molecule has 0 heterocycles. The third-order valence-corrected chi connectivity index (χ3v) is 2.83. The molecule has 104 valence electrons. The van der Waals surface area contributed by atoms with Gasteiger partial charge in [0.25, 0.3) is 0 Å². The van der Waals surface area contributed by atoms with Gasteiger partial charge in [-0.3, -0.25) is 9.59 Å². The minimum Gasteiger partial charge on any atom is -0.354 e. The summed E-state index contributed by atoms with van der Waals surface area (Å²) in [5.74, 6) is 0.771. The molecule has 1 saturated carbocycles. The standard InChI is InChI=1S/C13H25N3O2/c1-13(2,3)12(18)16-7-6-15-11(17)9-14-8-10-4-5-10/h10,14H,4-9H2,1-3H3,(H,15,17)(H,16,18). The average molecular weight is 255 g/mol. The Hall–Kier alpha value is -1.10. The van der Waals surface area contributed by atoms with Crippen LogP contribution in [0.2, 0.25) is 0 Å². The first-order valence-electron chi connectivity index (χ1n) is 6.65. The number of amides is 2. The van der Waals surface area contributed by atoms with Gasteiger partial charge in [-0.2, -0.15) is 0 Å². The molecule has 1 fully saturated rings. The maximum Gasteiger partial charge on any atom is 0.234 e. The summed E-state index contributed by atoms with van der Waals surface area (Å²) in [6.07, 6.45) is 2.57. The molecule has 18 heavy (non-hydrogen) atoms. The van der Waals surface area contributed by atoms with Gasteiger partial charge in [-0.05, 0) is 25.3 Å². The summed E-state index contributed by atoms with van der Waals surface area (Å²) in [5.41, 5.74) is -0.379. The highest BCUT2D eigenvalue weighted by molar-refractivity contribution is 5.81. The van der Waals surface area contributed by atoms with Gasteiger partial charge < -0.3 is 16.0 Å². The van der Waals surface area contributed by atoms with Crippen LogP contribution in [-0.4, -0.2) is 38.0 Å². The Balaban J connectivity index is 1.96. The van der Waals surface area contributed by atoms with Crippen LogP contribution in [0, 0.1) is 11.3 Å². The Kier molecular flexibility index (Phi) is 5.59. The second-order valence-electron chi connectivity index (χ2n) is 5.93. The average Bonchev–Trinajstić information content (AvgIpc) is 3.06. The molecule has 1 aliphatic carbocycles. The zero-order valence-corrected chi connectivity index (χ0v) is 11.6. The molecule has 0 bridgehead atoms. The fourth-order valence-electron chi connectivity index (χ4n) is 1.42. The fraction of sp³-hybridized carbons (Fsp3) is 0.846. The lowest BCUT2D eigenvalue weighted by atomic mass is 9.96. The van der Waals surface area contributed by atoms with E-state index in [1.807, 2.05) is 20.8 Å². The van der Waals surface area contributed by atoms with Crippen LogP contribution in [-0.2, 0) is 9.59 Å². The summed E-state index contributed by atoms with van der Waals surface area (Å²) in [6.45, 7) is 7.85. The van der Waals surface area contributed by atoms with E-state index in [4.69, 9.17) is 0 Å². The van der Waals surface area contributed by atoms with Crippen LogP contribution in [0.3, 0.4) is 0 Å². The Morgan fingerprint density at radius 1 is 1.11 bits per heavy atom. The molecule has 5 heteroatoms. The van der Waals surface area contributed by atoms with Crippen molar-refractivity contribution in [3.05, 3.63) is 0 Å². The van der Waals surface area contributed by atoms with Crippen molar-refractivity contribution in [1.82, 2.24) is 16.0 Å². The van der Waals surface area contributed by atoms with E-state index in [1.165, 1.54) is 12.8 Å². The molecule has 3 N–H and O–H groups in total. The van der Waals surface area contributed by atoms with Crippen LogP contribution in [0.5, 0.6) is 0 Å². The van der Waals surface area contributed by atoms with Crippen molar-refractivity contribution < 1.29 is 9.59 Å². The van der Waals surface area contributed by atoms with Gasteiger partial charge in [-0.15, -0.1) is 0 Å². The molecular formula is C13H25N3O2. The monoisotopic (exact) mass is 255 g/mol. The fourth-order valence-corrected chi connectivity index (χ4v) is 1.42. The molecule has 5 nitrogen and oxygen atoms in total. The highest BCUT2D eigenvalue weighted by Gasteiger charge is 2.21. The molecule has 0 aromatic carbocycles.